The first kappa shape index (κ1) is 19.2. The van der Waals surface area contributed by atoms with Crippen LogP contribution in [0.2, 0.25) is 0 Å². The third kappa shape index (κ3) is 4.08. The molecule has 0 spiro atoms. The van der Waals surface area contributed by atoms with E-state index in [2.05, 4.69) is 0 Å². The Hall–Kier alpha value is -2.54. The summed E-state index contributed by atoms with van der Waals surface area (Å²) in [5.41, 5.74) is 1.99. The van der Waals surface area contributed by atoms with E-state index in [1.54, 1.807) is 4.90 Å². The number of aliphatic hydroxyl groups is 1. The van der Waals surface area contributed by atoms with Gasteiger partial charge in [0.15, 0.2) is 6.29 Å². The number of hydrogen-bond acceptors (Lipinski definition) is 6. The molecule has 1 aliphatic rings. The highest BCUT2D eigenvalue weighted by Gasteiger charge is 2.50. The zero-order chi connectivity index (χ0) is 19.2. The molecule has 2 aromatic rings. The average Bonchev–Trinajstić information content (AvgIpc) is 3.00. The van der Waals surface area contributed by atoms with Crippen LogP contribution >= 0.6 is 0 Å². The number of aliphatic hydroxyl groups excluding tert-OH is 1. The maximum atomic E-state index is 12.5. The minimum absolute atomic E-state index is 0.248. The van der Waals surface area contributed by atoms with Crippen molar-refractivity contribution in [3.8, 4) is 0 Å². The fraction of sp³-hybridized carbons (Fsp3) is 0.333. The number of carbonyl (C=O) groups excluding carboxylic acids is 2. The van der Waals surface area contributed by atoms with Crippen molar-refractivity contribution in [3.63, 3.8) is 0 Å². The lowest BCUT2D eigenvalue weighted by Crippen LogP contribution is -2.46. The monoisotopic (exact) mass is 368 g/mol. The Labute approximate surface area is 159 Å². The van der Waals surface area contributed by atoms with E-state index in [9.17, 15) is 14.7 Å². The highest BCUT2D eigenvalue weighted by atomic mass is 16.5. The number of methoxy groups -OCH3 is 1. The van der Waals surface area contributed by atoms with Crippen LogP contribution in [0.15, 0.2) is 60.7 Å². The molecule has 1 aliphatic heterocycles. The van der Waals surface area contributed by atoms with E-state index in [4.69, 9.17) is 4.74 Å². The molecule has 3 atom stereocenters. The molecule has 3 unspecified atom stereocenters. The first-order chi connectivity index (χ1) is 13.2. The molecule has 1 heterocycles. The summed E-state index contributed by atoms with van der Waals surface area (Å²) in [6.07, 6.45) is 0.198. The molecule has 6 heteroatoms. The summed E-state index contributed by atoms with van der Waals surface area (Å²) in [4.78, 5) is 28.2. The van der Waals surface area contributed by atoms with Crippen molar-refractivity contribution >= 4 is 12.3 Å². The van der Waals surface area contributed by atoms with Gasteiger partial charge >= 0.3 is 5.97 Å². The molecule has 142 valence electrons. The number of nitrogens with zero attached hydrogens (tertiary/aromatic N) is 2. The van der Waals surface area contributed by atoms with Crippen LogP contribution in [0.5, 0.6) is 0 Å². The second-order valence-corrected chi connectivity index (χ2v) is 6.58. The predicted octanol–water partition coefficient (Wildman–Crippen LogP) is 1.43. The van der Waals surface area contributed by atoms with Crippen LogP contribution in [0.1, 0.15) is 11.1 Å². The fourth-order valence-corrected chi connectivity index (χ4v) is 3.72. The minimum atomic E-state index is -0.723. The summed E-state index contributed by atoms with van der Waals surface area (Å²) in [6, 6.07) is 18.1. The van der Waals surface area contributed by atoms with Crippen molar-refractivity contribution in [1.29, 1.82) is 0 Å². The van der Waals surface area contributed by atoms with E-state index in [-0.39, 0.29) is 6.61 Å². The van der Waals surface area contributed by atoms with Crippen molar-refractivity contribution < 1.29 is 19.4 Å². The normalized spacial score (nSPS) is 23.3. The van der Waals surface area contributed by atoms with Gasteiger partial charge in [0, 0.05) is 13.1 Å². The number of ether oxygens (including phenoxy) is 1. The van der Waals surface area contributed by atoms with Gasteiger partial charge in [0.25, 0.3) is 0 Å². The smallest absolute Gasteiger partial charge is 0.324 e. The second-order valence-electron chi connectivity index (χ2n) is 6.58. The number of esters is 1. The van der Waals surface area contributed by atoms with Gasteiger partial charge in [0.05, 0.1) is 19.8 Å². The van der Waals surface area contributed by atoms with Gasteiger partial charge in [0.2, 0.25) is 0 Å². The van der Waals surface area contributed by atoms with Crippen LogP contribution < -0.4 is 0 Å². The average molecular weight is 368 g/mol. The lowest BCUT2D eigenvalue weighted by molar-refractivity contribution is -0.147. The SMILES string of the molecule is COC(=O)C1C(CO)N(Cc2ccccc2)C(C=O)N1Cc1ccccc1. The van der Waals surface area contributed by atoms with Crippen LogP contribution in [-0.4, -0.2) is 59.1 Å². The first-order valence-electron chi connectivity index (χ1n) is 8.93. The van der Waals surface area contributed by atoms with Gasteiger partial charge in [0.1, 0.15) is 12.2 Å². The van der Waals surface area contributed by atoms with Gasteiger partial charge in [-0.25, -0.2) is 0 Å². The molecular weight excluding hydrogens is 344 g/mol. The Morgan fingerprint density at radius 3 is 1.96 bits per heavy atom. The van der Waals surface area contributed by atoms with E-state index in [1.807, 2.05) is 65.6 Å². The summed E-state index contributed by atoms with van der Waals surface area (Å²) in [5, 5.41) is 10.0. The van der Waals surface area contributed by atoms with Gasteiger partial charge in [-0.1, -0.05) is 60.7 Å². The fourth-order valence-electron chi connectivity index (χ4n) is 3.72. The third-order valence-corrected chi connectivity index (χ3v) is 4.99. The number of aldehydes is 1. The van der Waals surface area contributed by atoms with Crippen LogP contribution in [0.25, 0.3) is 0 Å². The van der Waals surface area contributed by atoms with E-state index >= 15 is 0 Å². The second kappa shape index (κ2) is 8.90. The van der Waals surface area contributed by atoms with Crippen LogP contribution in [-0.2, 0) is 27.4 Å². The zero-order valence-corrected chi connectivity index (χ0v) is 15.3. The molecule has 0 bridgehead atoms. The Balaban J connectivity index is 1.95. The van der Waals surface area contributed by atoms with Crippen molar-refractivity contribution in [2.24, 2.45) is 0 Å². The first-order valence-corrected chi connectivity index (χ1v) is 8.93. The van der Waals surface area contributed by atoms with Crippen LogP contribution in [0.3, 0.4) is 0 Å². The molecule has 0 aliphatic carbocycles. The minimum Gasteiger partial charge on any atom is -0.468 e. The van der Waals surface area contributed by atoms with Gasteiger partial charge in [-0.3, -0.25) is 14.6 Å². The molecule has 0 radical (unpaired) electrons. The van der Waals surface area contributed by atoms with Crippen molar-refractivity contribution in [2.45, 2.75) is 31.3 Å². The lowest BCUT2D eigenvalue weighted by Gasteiger charge is -2.27. The maximum Gasteiger partial charge on any atom is 0.324 e. The summed E-state index contributed by atoms with van der Waals surface area (Å²) >= 11 is 0. The number of carbonyl (C=O) groups is 2. The Morgan fingerprint density at radius 2 is 1.52 bits per heavy atom. The molecule has 3 rings (SSSR count). The number of rotatable bonds is 7. The van der Waals surface area contributed by atoms with Crippen molar-refractivity contribution in [3.05, 3.63) is 71.8 Å². The van der Waals surface area contributed by atoms with E-state index < -0.39 is 24.2 Å². The standard InChI is InChI=1S/C21H24N2O4/c1-27-21(26)20-18(14-24)22(12-16-8-4-2-5-9-16)19(15-25)23(20)13-17-10-6-3-7-11-17/h2-11,15,18-20,24H,12-14H2,1H3. The van der Waals surface area contributed by atoms with Gasteiger partial charge in [-0.15, -0.1) is 0 Å². The van der Waals surface area contributed by atoms with Gasteiger partial charge in [-0.2, -0.15) is 0 Å². The predicted molar refractivity (Wildman–Crippen MR) is 100 cm³/mol. The quantitative estimate of drug-likeness (QED) is 0.589. The van der Waals surface area contributed by atoms with E-state index in [0.29, 0.717) is 13.1 Å². The highest BCUT2D eigenvalue weighted by Crippen LogP contribution is 2.30. The van der Waals surface area contributed by atoms with Crippen LogP contribution in [0.4, 0.5) is 0 Å². The molecule has 27 heavy (non-hydrogen) atoms. The lowest BCUT2D eigenvalue weighted by atomic mass is 10.1. The van der Waals surface area contributed by atoms with E-state index in [0.717, 1.165) is 17.4 Å². The molecular formula is C21H24N2O4. The molecule has 0 saturated carbocycles. The largest absolute Gasteiger partial charge is 0.468 e. The molecule has 0 aromatic heterocycles. The molecule has 1 fully saturated rings. The summed E-state index contributed by atoms with van der Waals surface area (Å²) in [5.74, 6) is -0.451. The van der Waals surface area contributed by atoms with Gasteiger partial charge < -0.3 is 14.6 Å². The molecule has 1 N–H and O–H groups in total. The summed E-state index contributed by atoms with van der Waals surface area (Å²) in [6.45, 7) is 0.613. The highest BCUT2D eigenvalue weighted by molar-refractivity contribution is 5.78. The molecule has 1 saturated heterocycles. The van der Waals surface area contributed by atoms with E-state index in [1.165, 1.54) is 7.11 Å². The topological polar surface area (TPSA) is 70.1 Å². The zero-order valence-electron chi connectivity index (χ0n) is 15.3. The molecule has 0 amide bonds. The summed E-state index contributed by atoms with van der Waals surface area (Å²) in [7, 11) is 1.33. The maximum absolute atomic E-state index is 12.5. The van der Waals surface area contributed by atoms with Gasteiger partial charge in [-0.05, 0) is 11.1 Å². The molecule has 6 nitrogen and oxygen atoms in total. The van der Waals surface area contributed by atoms with Crippen molar-refractivity contribution in [1.82, 2.24) is 9.80 Å². The Kier molecular flexibility index (Phi) is 6.34. The third-order valence-electron chi connectivity index (χ3n) is 4.99. The number of hydrogen-bond donors (Lipinski definition) is 1. The molecule has 2 aromatic carbocycles. The Morgan fingerprint density at radius 1 is 1.00 bits per heavy atom. The number of benzene rings is 2. The summed E-state index contributed by atoms with van der Waals surface area (Å²) < 4.78 is 4.99. The van der Waals surface area contributed by atoms with Crippen LogP contribution in [0, 0.1) is 0 Å². The van der Waals surface area contributed by atoms with Crippen molar-refractivity contribution in [2.75, 3.05) is 13.7 Å². The Bertz CT molecular complexity index is 753.